The average molecular weight is 645 g/mol. The standard InChI is InChI=1S/C28H24INO7S/c1-17-5-4-6-21(13-17)36-12-11-30-26(31)24(38-28(30)33)16-18-14-22(29)25(23(15-18)35-3)37-27(32)19-7-9-20(34-2)10-8-19/h4-10,13-16H,11-12H2,1-3H3/b24-16-. The molecule has 0 unspecified atom stereocenters. The monoisotopic (exact) mass is 645 g/mol. The van der Waals surface area contributed by atoms with Gasteiger partial charge in [-0.15, -0.1) is 0 Å². The zero-order valence-electron chi connectivity index (χ0n) is 20.9. The molecule has 0 spiro atoms. The Morgan fingerprint density at radius 2 is 1.76 bits per heavy atom. The van der Waals surface area contributed by atoms with Gasteiger partial charge in [-0.3, -0.25) is 14.5 Å². The highest BCUT2D eigenvalue weighted by molar-refractivity contribution is 14.1. The lowest BCUT2D eigenvalue weighted by molar-refractivity contribution is -0.123. The Morgan fingerprint density at radius 1 is 1.00 bits per heavy atom. The normalized spacial score (nSPS) is 14.1. The summed E-state index contributed by atoms with van der Waals surface area (Å²) in [7, 11) is 3.01. The maximum Gasteiger partial charge on any atom is 0.343 e. The quantitative estimate of drug-likeness (QED) is 0.122. The smallest absolute Gasteiger partial charge is 0.343 e. The van der Waals surface area contributed by atoms with Crippen LogP contribution in [0.5, 0.6) is 23.0 Å². The number of aryl methyl sites for hydroxylation is 1. The van der Waals surface area contributed by atoms with Gasteiger partial charge < -0.3 is 18.9 Å². The fourth-order valence-electron chi connectivity index (χ4n) is 3.60. The SMILES string of the molecule is COc1ccc(C(=O)Oc2c(I)cc(/C=C3\SC(=O)N(CCOc4cccc(C)c4)C3=O)cc2OC)cc1. The Kier molecular flexibility index (Phi) is 8.95. The molecule has 0 aliphatic carbocycles. The van der Waals surface area contributed by atoms with Gasteiger partial charge >= 0.3 is 5.97 Å². The molecule has 196 valence electrons. The van der Waals surface area contributed by atoms with E-state index in [9.17, 15) is 14.4 Å². The summed E-state index contributed by atoms with van der Waals surface area (Å²) in [6.45, 7) is 2.29. The van der Waals surface area contributed by atoms with E-state index in [0.717, 1.165) is 17.3 Å². The van der Waals surface area contributed by atoms with E-state index < -0.39 is 11.9 Å². The minimum atomic E-state index is -0.550. The Morgan fingerprint density at radius 3 is 2.45 bits per heavy atom. The molecule has 1 heterocycles. The molecule has 3 aromatic carbocycles. The van der Waals surface area contributed by atoms with Gasteiger partial charge in [0.05, 0.1) is 34.8 Å². The molecule has 8 nitrogen and oxygen atoms in total. The number of methoxy groups -OCH3 is 2. The fraction of sp³-hybridized carbons (Fsp3) is 0.179. The number of carbonyl (C=O) groups is 3. The third kappa shape index (κ3) is 6.48. The van der Waals surface area contributed by atoms with Crippen molar-refractivity contribution in [1.82, 2.24) is 4.90 Å². The molecule has 0 aromatic heterocycles. The summed E-state index contributed by atoms with van der Waals surface area (Å²) in [6, 6.07) is 17.5. The van der Waals surface area contributed by atoms with Crippen molar-refractivity contribution in [3.05, 3.63) is 85.8 Å². The zero-order chi connectivity index (χ0) is 27.2. The molecule has 10 heteroatoms. The van der Waals surface area contributed by atoms with Crippen LogP contribution in [0.1, 0.15) is 21.5 Å². The minimum absolute atomic E-state index is 0.136. The van der Waals surface area contributed by atoms with E-state index in [4.69, 9.17) is 18.9 Å². The summed E-state index contributed by atoms with van der Waals surface area (Å²) in [6.07, 6.45) is 1.62. The van der Waals surface area contributed by atoms with Crippen molar-refractivity contribution in [3.8, 4) is 23.0 Å². The molecule has 0 saturated carbocycles. The maximum absolute atomic E-state index is 12.9. The molecule has 0 atom stereocenters. The number of halogens is 1. The largest absolute Gasteiger partial charge is 0.497 e. The van der Waals surface area contributed by atoms with Gasteiger partial charge in [-0.2, -0.15) is 0 Å². The van der Waals surface area contributed by atoms with Crippen LogP contribution in [0, 0.1) is 10.5 Å². The molecule has 0 bridgehead atoms. The molecule has 0 N–H and O–H groups in total. The Bertz CT molecular complexity index is 1400. The lowest BCUT2D eigenvalue weighted by Crippen LogP contribution is -2.32. The van der Waals surface area contributed by atoms with Crippen LogP contribution < -0.4 is 18.9 Å². The maximum atomic E-state index is 12.9. The number of nitrogens with zero attached hydrogens (tertiary/aromatic N) is 1. The number of imide groups is 1. The van der Waals surface area contributed by atoms with Crippen molar-refractivity contribution < 1.29 is 33.3 Å². The average Bonchev–Trinajstić information content (AvgIpc) is 3.17. The summed E-state index contributed by atoms with van der Waals surface area (Å²) in [5, 5.41) is -0.360. The first-order valence-corrected chi connectivity index (χ1v) is 13.4. The Labute approximate surface area is 238 Å². The van der Waals surface area contributed by atoms with Crippen LogP contribution in [-0.4, -0.2) is 49.4 Å². The van der Waals surface area contributed by atoms with Gasteiger partial charge in [0.2, 0.25) is 0 Å². The van der Waals surface area contributed by atoms with Gasteiger partial charge in [-0.25, -0.2) is 4.79 Å². The Hall–Kier alpha value is -3.51. The van der Waals surface area contributed by atoms with Crippen molar-refractivity contribution in [1.29, 1.82) is 0 Å². The lowest BCUT2D eigenvalue weighted by atomic mass is 10.1. The van der Waals surface area contributed by atoms with Crippen molar-refractivity contribution in [2.75, 3.05) is 27.4 Å². The van der Waals surface area contributed by atoms with Crippen molar-refractivity contribution >= 4 is 57.5 Å². The first kappa shape index (κ1) is 27.5. The van der Waals surface area contributed by atoms with Gasteiger partial charge in [0.1, 0.15) is 18.1 Å². The number of ether oxygens (including phenoxy) is 4. The highest BCUT2D eigenvalue weighted by atomic mass is 127. The summed E-state index contributed by atoms with van der Waals surface area (Å²) in [5.41, 5.74) is 2.04. The van der Waals surface area contributed by atoms with Gasteiger partial charge in [-0.1, -0.05) is 12.1 Å². The molecule has 4 rings (SSSR count). The van der Waals surface area contributed by atoms with Crippen molar-refractivity contribution in [2.24, 2.45) is 0 Å². The van der Waals surface area contributed by atoms with Crippen molar-refractivity contribution in [2.45, 2.75) is 6.92 Å². The fourth-order valence-corrected chi connectivity index (χ4v) is 5.21. The predicted octanol–water partition coefficient (Wildman–Crippen LogP) is 5.95. The highest BCUT2D eigenvalue weighted by Gasteiger charge is 2.35. The van der Waals surface area contributed by atoms with Crippen LogP contribution >= 0.6 is 34.4 Å². The number of hydrogen-bond acceptors (Lipinski definition) is 8. The summed E-state index contributed by atoms with van der Waals surface area (Å²) in [4.78, 5) is 39.5. The molecule has 0 radical (unpaired) electrons. The van der Waals surface area contributed by atoms with Crippen LogP contribution in [0.3, 0.4) is 0 Å². The van der Waals surface area contributed by atoms with Crippen LogP contribution in [0.4, 0.5) is 4.79 Å². The van der Waals surface area contributed by atoms with Crippen LogP contribution in [-0.2, 0) is 4.79 Å². The van der Waals surface area contributed by atoms with Gasteiger partial charge in [0.15, 0.2) is 11.5 Å². The van der Waals surface area contributed by atoms with E-state index in [1.54, 1.807) is 49.6 Å². The number of thioether (sulfide) groups is 1. The number of amides is 2. The molecule has 38 heavy (non-hydrogen) atoms. The van der Waals surface area contributed by atoms with Crippen LogP contribution in [0.25, 0.3) is 6.08 Å². The molecule has 1 aliphatic heterocycles. The molecule has 1 aliphatic rings. The van der Waals surface area contributed by atoms with Gasteiger partial charge in [-0.05, 0) is 107 Å². The zero-order valence-corrected chi connectivity index (χ0v) is 23.8. The molecular formula is C28H24INO7S. The number of carbonyl (C=O) groups excluding carboxylic acids is 3. The first-order chi connectivity index (χ1) is 18.3. The van der Waals surface area contributed by atoms with Crippen molar-refractivity contribution in [3.63, 3.8) is 0 Å². The van der Waals surface area contributed by atoms with Crippen LogP contribution in [0.2, 0.25) is 0 Å². The summed E-state index contributed by atoms with van der Waals surface area (Å²) < 4.78 is 22.5. The van der Waals surface area contributed by atoms with Crippen LogP contribution in [0.15, 0.2) is 65.6 Å². The second-order valence-corrected chi connectivity index (χ2v) is 10.3. The van der Waals surface area contributed by atoms with Gasteiger partial charge in [0, 0.05) is 0 Å². The second-order valence-electron chi connectivity index (χ2n) is 8.15. The number of hydrogen-bond donors (Lipinski definition) is 0. The molecule has 2 amide bonds. The predicted molar refractivity (Wildman–Crippen MR) is 153 cm³/mol. The molecule has 3 aromatic rings. The van der Waals surface area contributed by atoms with Gasteiger partial charge in [0.25, 0.3) is 11.1 Å². The highest BCUT2D eigenvalue weighted by Crippen LogP contribution is 2.37. The van der Waals surface area contributed by atoms with E-state index in [-0.39, 0.29) is 29.0 Å². The topological polar surface area (TPSA) is 91.4 Å². The van der Waals surface area contributed by atoms with E-state index in [2.05, 4.69) is 0 Å². The summed E-state index contributed by atoms with van der Waals surface area (Å²) >= 11 is 2.90. The van der Waals surface area contributed by atoms with E-state index >= 15 is 0 Å². The minimum Gasteiger partial charge on any atom is -0.497 e. The molecule has 1 saturated heterocycles. The molecular weight excluding hydrogens is 621 g/mol. The second kappa shape index (κ2) is 12.4. The number of rotatable bonds is 9. The lowest BCUT2D eigenvalue weighted by Gasteiger charge is -2.14. The third-order valence-electron chi connectivity index (χ3n) is 5.52. The first-order valence-electron chi connectivity index (χ1n) is 11.5. The Balaban J connectivity index is 1.46. The van der Waals surface area contributed by atoms with E-state index in [1.165, 1.54) is 12.0 Å². The summed E-state index contributed by atoms with van der Waals surface area (Å²) in [5.74, 6) is 0.939. The van der Waals surface area contributed by atoms with E-state index in [0.29, 0.717) is 31.9 Å². The van der Waals surface area contributed by atoms with E-state index in [1.807, 2.05) is 53.8 Å². The third-order valence-corrected chi connectivity index (χ3v) is 7.23. The molecule has 1 fully saturated rings. The number of benzene rings is 3. The number of esters is 1.